The van der Waals surface area contributed by atoms with E-state index in [9.17, 15) is 4.79 Å². The fourth-order valence-corrected chi connectivity index (χ4v) is 2.70. The molecule has 3 aromatic rings. The van der Waals surface area contributed by atoms with E-state index >= 15 is 0 Å². The first kappa shape index (κ1) is 18.0. The highest BCUT2D eigenvalue weighted by molar-refractivity contribution is 6.31. The second-order valence-electron chi connectivity index (χ2n) is 6.17. The minimum atomic E-state index is -0.162. The van der Waals surface area contributed by atoms with E-state index in [1.165, 1.54) is 5.56 Å². The number of hydrogen-bond donors (Lipinski definition) is 2. The molecule has 0 saturated heterocycles. The Morgan fingerprint density at radius 3 is 2.62 bits per heavy atom. The zero-order chi connectivity index (χ0) is 18.5. The van der Waals surface area contributed by atoms with Gasteiger partial charge in [-0.2, -0.15) is 0 Å². The first-order chi connectivity index (χ1) is 12.5. The molecule has 1 amide bonds. The fraction of sp³-hybridized carbons (Fsp3) is 0.143. The van der Waals surface area contributed by atoms with Gasteiger partial charge in [-0.05, 0) is 43.2 Å². The van der Waals surface area contributed by atoms with Gasteiger partial charge in [-0.1, -0.05) is 47.5 Å². The van der Waals surface area contributed by atoms with Gasteiger partial charge in [-0.25, -0.2) is 0 Å². The van der Waals surface area contributed by atoms with Crippen molar-refractivity contribution in [3.05, 3.63) is 88.2 Å². The number of benzene rings is 2. The molecule has 132 valence electrons. The number of halogens is 1. The topological polar surface area (TPSA) is 54.0 Å². The summed E-state index contributed by atoms with van der Waals surface area (Å²) in [5.74, 6) is -0.162. The van der Waals surface area contributed by atoms with Crippen LogP contribution in [0.4, 0.5) is 11.4 Å². The van der Waals surface area contributed by atoms with Gasteiger partial charge in [0, 0.05) is 23.5 Å². The molecule has 0 saturated carbocycles. The number of aromatic nitrogens is 1. The Morgan fingerprint density at radius 1 is 1.08 bits per heavy atom. The first-order valence-corrected chi connectivity index (χ1v) is 8.71. The number of rotatable bonds is 5. The number of anilines is 2. The van der Waals surface area contributed by atoms with Crippen LogP contribution in [0.1, 0.15) is 27.0 Å². The predicted molar refractivity (Wildman–Crippen MR) is 106 cm³/mol. The number of pyridine rings is 1. The van der Waals surface area contributed by atoms with Crippen molar-refractivity contribution in [2.45, 2.75) is 20.4 Å². The molecule has 4 nitrogen and oxygen atoms in total. The lowest BCUT2D eigenvalue weighted by molar-refractivity contribution is 0.0950. The number of carbonyl (C=O) groups is 1. The van der Waals surface area contributed by atoms with Crippen molar-refractivity contribution in [3.8, 4) is 0 Å². The summed E-state index contributed by atoms with van der Waals surface area (Å²) in [4.78, 5) is 16.6. The number of aryl methyl sites for hydroxylation is 1. The second-order valence-corrected chi connectivity index (χ2v) is 6.58. The number of nitrogens with one attached hydrogen (secondary N) is 2. The molecule has 0 radical (unpaired) electrons. The summed E-state index contributed by atoms with van der Waals surface area (Å²) in [6, 6.07) is 15.5. The second kappa shape index (κ2) is 8.02. The van der Waals surface area contributed by atoms with E-state index in [1.54, 1.807) is 18.5 Å². The van der Waals surface area contributed by atoms with E-state index in [0.717, 1.165) is 22.5 Å². The lowest BCUT2D eigenvalue weighted by atomic mass is 10.1. The van der Waals surface area contributed by atoms with Crippen LogP contribution in [0, 0.1) is 13.8 Å². The van der Waals surface area contributed by atoms with Crippen LogP contribution in [-0.2, 0) is 6.54 Å². The van der Waals surface area contributed by atoms with Crippen LogP contribution >= 0.6 is 11.6 Å². The van der Waals surface area contributed by atoms with E-state index in [4.69, 9.17) is 11.6 Å². The Morgan fingerprint density at radius 2 is 1.85 bits per heavy atom. The Hall–Kier alpha value is -2.85. The van der Waals surface area contributed by atoms with Gasteiger partial charge in [0.25, 0.3) is 5.91 Å². The van der Waals surface area contributed by atoms with Gasteiger partial charge >= 0.3 is 0 Å². The summed E-state index contributed by atoms with van der Waals surface area (Å²) >= 11 is 6.15. The summed E-state index contributed by atoms with van der Waals surface area (Å²) in [5, 5.41) is 6.87. The molecule has 0 fully saturated rings. The molecule has 0 bridgehead atoms. The Bertz CT molecular complexity index is 923. The van der Waals surface area contributed by atoms with Crippen molar-refractivity contribution < 1.29 is 4.79 Å². The smallest absolute Gasteiger partial charge is 0.253 e. The molecule has 5 heteroatoms. The van der Waals surface area contributed by atoms with Crippen LogP contribution < -0.4 is 10.6 Å². The summed E-state index contributed by atoms with van der Waals surface area (Å²) in [7, 11) is 0. The highest BCUT2D eigenvalue weighted by Gasteiger charge is 2.08. The normalized spacial score (nSPS) is 10.4. The average molecular weight is 366 g/mol. The van der Waals surface area contributed by atoms with E-state index in [0.29, 0.717) is 17.1 Å². The largest absolute Gasteiger partial charge is 0.354 e. The third-order valence-electron chi connectivity index (χ3n) is 4.12. The van der Waals surface area contributed by atoms with Crippen LogP contribution in [0.15, 0.2) is 60.9 Å². The number of amides is 1. The summed E-state index contributed by atoms with van der Waals surface area (Å²) < 4.78 is 0. The summed E-state index contributed by atoms with van der Waals surface area (Å²) in [6.45, 7) is 4.45. The average Bonchev–Trinajstić information content (AvgIpc) is 2.65. The van der Waals surface area contributed by atoms with Gasteiger partial charge in [-0.15, -0.1) is 0 Å². The Kier molecular flexibility index (Phi) is 5.54. The molecule has 2 N–H and O–H groups in total. The molecule has 0 atom stereocenters. The molecule has 3 rings (SSSR count). The molecule has 2 aromatic carbocycles. The molecule has 0 aliphatic rings. The highest BCUT2D eigenvalue weighted by Crippen LogP contribution is 2.26. The highest BCUT2D eigenvalue weighted by atomic mass is 35.5. The maximum atomic E-state index is 12.4. The van der Waals surface area contributed by atoms with Crippen LogP contribution in [0.25, 0.3) is 0 Å². The lowest BCUT2D eigenvalue weighted by Gasteiger charge is -2.11. The number of hydrogen-bond acceptors (Lipinski definition) is 3. The van der Waals surface area contributed by atoms with E-state index < -0.39 is 0 Å². The molecule has 0 aliphatic heterocycles. The SMILES string of the molecule is Cc1ccc(CNC(=O)c2cncc(Nc3cccc(Cl)c3C)c2)cc1. The van der Waals surface area contributed by atoms with Crippen molar-refractivity contribution in [1.29, 1.82) is 0 Å². The fourth-order valence-electron chi connectivity index (χ4n) is 2.52. The van der Waals surface area contributed by atoms with Gasteiger partial charge in [0.05, 0.1) is 17.4 Å². The maximum absolute atomic E-state index is 12.4. The molecular formula is C21H20ClN3O. The van der Waals surface area contributed by atoms with Gasteiger partial charge in [-0.3, -0.25) is 9.78 Å². The zero-order valence-electron chi connectivity index (χ0n) is 14.7. The Labute approximate surface area is 158 Å². The molecule has 0 aliphatic carbocycles. The zero-order valence-corrected chi connectivity index (χ0v) is 15.5. The van der Waals surface area contributed by atoms with E-state index in [1.807, 2.05) is 56.3 Å². The van der Waals surface area contributed by atoms with E-state index in [-0.39, 0.29) is 5.91 Å². The van der Waals surface area contributed by atoms with Gasteiger partial charge in [0.1, 0.15) is 0 Å². The van der Waals surface area contributed by atoms with Crippen molar-refractivity contribution in [3.63, 3.8) is 0 Å². The monoisotopic (exact) mass is 365 g/mol. The predicted octanol–water partition coefficient (Wildman–Crippen LogP) is 5.03. The molecular weight excluding hydrogens is 346 g/mol. The Balaban J connectivity index is 1.69. The van der Waals surface area contributed by atoms with Crippen LogP contribution in [-0.4, -0.2) is 10.9 Å². The quantitative estimate of drug-likeness (QED) is 0.667. The molecule has 0 unspecified atom stereocenters. The van der Waals surface area contributed by atoms with Crippen LogP contribution in [0.5, 0.6) is 0 Å². The van der Waals surface area contributed by atoms with Crippen molar-refractivity contribution in [1.82, 2.24) is 10.3 Å². The third-order valence-corrected chi connectivity index (χ3v) is 4.53. The standard InChI is InChI=1S/C21H20ClN3O/c1-14-6-8-16(9-7-14)11-24-21(26)17-10-18(13-23-12-17)25-20-5-3-4-19(22)15(20)2/h3-10,12-13,25H,11H2,1-2H3,(H,24,26). The van der Waals surface area contributed by atoms with Crippen LogP contribution in [0.2, 0.25) is 5.02 Å². The van der Waals surface area contributed by atoms with Gasteiger partial charge < -0.3 is 10.6 Å². The first-order valence-electron chi connectivity index (χ1n) is 8.34. The van der Waals surface area contributed by atoms with E-state index in [2.05, 4.69) is 15.6 Å². The van der Waals surface area contributed by atoms with Crippen molar-refractivity contribution in [2.24, 2.45) is 0 Å². The molecule has 1 heterocycles. The van der Waals surface area contributed by atoms with Gasteiger partial charge in [0.2, 0.25) is 0 Å². The number of nitrogens with zero attached hydrogens (tertiary/aromatic N) is 1. The third kappa shape index (κ3) is 4.41. The lowest BCUT2D eigenvalue weighted by Crippen LogP contribution is -2.23. The minimum Gasteiger partial charge on any atom is -0.354 e. The summed E-state index contributed by atoms with van der Waals surface area (Å²) in [5.41, 5.74) is 5.32. The number of carbonyl (C=O) groups excluding carboxylic acids is 1. The molecule has 26 heavy (non-hydrogen) atoms. The van der Waals surface area contributed by atoms with Gasteiger partial charge in [0.15, 0.2) is 0 Å². The summed E-state index contributed by atoms with van der Waals surface area (Å²) in [6.07, 6.45) is 3.23. The van der Waals surface area contributed by atoms with Crippen LogP contribution in [0.3, 0.4) is 0 Å². The molecule has 1 aromatic heterocycles. The molecule has 0 spiro atoms. The minimum absolute atomic E-state index is 0.162. The van der Waals surface area contributed by atoms with Crippen molar-refractivity contribution >= 4 is 28.9 Å². The maximum Gasteiger partial charge on any atom is 0.253 e. The van der Waals surface area contributed by atoms with Crippen molar-refractivity contribution in [2.75, 3.05) is 5.32 Å².